The number of fused-ring (bicyclic) bond motifs is 1. The third kappa shape index (κ3) is 3.29. The molecule has 0 unspecified atom stereocenters. The minimum absolute atomic E-state index is 0.192. The van der Waals surface area contributed by atoms with Gasteiger partial charge in [-0.1, -0.05) is 66.2 Å². The highest BCUT2D eigenvalue weighted by molar-refractivity contribution is 6.08. The first-order valence-electron chi connectivity index (χ1n) is 7.53. The van der Waals surface area contributed by atoms with Crippen LogP contribution in [0.1, 0.15) is 27.0 Å². The number of benzene rings is 3. The molecule has 0 spiro atoms. The van der Waals surface area contributed by atoms with E-state index in [1.165, 1.54) is 5.56 Å². The van der Waals surface area contributed by atoms with Gasteiger partial charge in [-0.3, -0.25) is 4.79 Å². The van der Waals surface area contributed by atoms with Crippen LogP contribution in [0.4, 0.5) is 0 Å². The molecule has 0 radical (unpaired) electrons. The van der Waals surface area contributed by atoms with Crippen LogP contribution < -0.4 is 5.43 Å². The second-order valence-corrected chi connectivity index (χ2v) is 5.59. The number of aryl methyl sites for hydroxylation is 2. The standard InChI is InChI=1S/C20H18N2O/c1-14-7-10-16(11-8-14)13-21-22-20(23)19-15(2)9-12-17-5-3-4-6-18(17)19/h3-13H,1-2H3,(H,22,23)/b21-13-. The molecular weight excluding hydrogens is 284 g/mol. The molecule has 0 saturated heterocycles. The average Bonchev–Trinajstić information content (AvgIpc) is 2.56. The molecule has 0 bridgehead atoms. The highest BCUT2D eigenvalue weighted by Crippen LogP contribution is 2.22. The van der Waals surface area contributed by atoms with Gasteiger partial charge in [0.15, 0.2) is 0 Å². The van der Waals surface area contributed by atoms with Gasteiger partial charge in [-0.2, -0.15) is 5.10 Å². The number of rotatable bonds is 3. The molecule has 3 aromatic carbocycles. The van der Waals surface area contributed by atoms with Crippen LogP contribution in [-0.2, 0) is 0 Å². The lowest BCUT2D eigenvalue weighted by Crippen LogP contribution is -2.19. The highest BCUT2D eigenvalue weighted by atomic mass is 16.2. The molecule has 3 aromatic rings. The molecule has 1 N–H and O–H groups in total. The molecule has 0 fully saturated rings. The summed E-state index contributed by atoms with van der Waals surface area (Å²) >= 11 is 0. The van der Waals surface area contributed by atoms with Gasteiger partial charge < -0.3 is 0 Å². The van der Waals surface area contributed by atoms with Crippen molar-refractivity contribution in [2.45, 2.75) is 13.8 Å². The predicted molar refractivity (Wildman–Crippen MR) is 94.9 cm³/mol. The number of amides is 1. The van der Waals surface area contributed by atoms with Gasteiger partial charge in [-0.25, -0.2) is 5.43 Å². The lowest BCUT2D eigenvalue weighted by Gasteiger charge is -2.08. The Morgan fingerprint density at radius 1 is 0.957 bits per heavy atom. The Hall–Kier alpha value is -2.94. The number of hydrogen-bond acceptors (Lipinski definition) is 2. The van der Waals surface area contributed by atoms with Crippen molar-refractivity contribution in [2.75, 3.05) is 0 Å². The van der Waals surface area contributed by atoms with Crippen molar-refractivity contribution < 1.29 is 4.79 Å². The zero-order valence-corrected chi connectivity index (χ0v) is 13.2. The number of carbonyl (C=O) groups is 1. The summed E-state index contributed by atoms with van der Waals surface area (Å²) in [5, 5.41) is 6.06. The van der Waals surface area contributed by atoms with E-state index in [2.05, 4.69) is 10.5 Å². The van der Waals surface area contributed by atoms with Crippen LogP contribution >= 0.6 is 0 Å². The van der Waals surface area contributed by atoms with Crippen LogP contribution in [0.15, 0.2) is 65.8 Å². The van der Waals surface area contributed by atoms with Gasteiger partial charge >= 0.3 is 0 Å². The van der Waals surface area contributed by atoms with E-state index in [1.54, 1.807) is 6.21 Å². The Morgan fingerprint density at radius 2 is 1.70 bits per heavy atom. The molecule has 0 saturated carbocycles. The zero-order valence-electron chi connectivity index (χ0n) is 13.2. The first-order chi connectivity index (χ1) is 11.1. The third-order valence-electron chi connectivity index (χ3n) is 3.82. The van der Waals surface area contributed by atoms with Crippen molar-refractivity contribution in [2.24, 2.45) is 5.10 Å². The molecule has 0 atom stereocenters. The fourth-order valence-electron chi connectivity index (χ4n) is 2.56. The summed E-state index contributed by atoms with van der Waals surface area (Å²) in [6.07, 6.45) is 1.65. The smallest absolute Gasteiger partial charge is 0.267 e. The molecule has 114 valence electrons. The van der Waals surface area contributed by atoms with E-state index in [0.717, 1.165) is 21.9 Å². The number of hydrazone groups is 1. The quantitative estimate of drug-likeness (QED) is 0.571. The van der Waals surface area contributed by atoms with Crippen molar-refractivity contribution in [1.29, 1.82) is 0 Å². The minimum Gasteiger partial charge on any atom is -0.267 e. The van der Waals surface area contributed by atoms with E-state index in [4.69, 9.17) is 0 Å². The predicted octanol–water partition coefficient (Wildman–Crippen LogP) is 4.22. The SMILES string of the molecule is Cc1ccc(/C=N\NC(=O)c2c(C)ccc3ccccc23)cc1. The Morgan fingerprint density at radius 3 is 2.48 bits per heavy atom. The van der Waals surface area contributed by atoms with E-state index >= 15 is 0 Å². The van der Waals surface area contributed by atoms with Gasteiger partial charge in [-0.05, 0) is 35.7 Å². The lowest BCUT2D eigenvalue weighted by molar-refractivity contribution is 0.0956. The van der Waals surface area contributed by atoms with Crippen LogP contribution in [0.3, 0.4) is 0 Å². The fourth-order valence-corrected chi connectivity index (χ4v) is 2.56. The molecule has 0 heterocycles. The normalized spacial score (nSPS) is 11.0. The van der Waals surface area contributed by atoms with Gasteiger partial charge in [0.2, 0.25) is 0 Å². The minimum atomic E-state index is -0.192. The van der Waals surface area contributed by atoms with Gasteiger partial charge in [0, 0.05) is 0 Å². The molecule has 0 aliphatic rings. The summed E-state index contributed by atoms with van der Waals surface area (Å²) in [7, 11) is 0. The summed E-state index contributed by atoms with van der Waals surface area (Å²) in [6.45, 7) is 3.97. The highest BCUT2D eigenvalue weighted by Gasteiger charge is 2.12. The summed E-state index contributed by atoms with van der Waals surface area (Å²) < 4.78 is 0. The molecule has 3 heteroatoms. The first-order valence-corrected chi connectivity index (χ1v) is 7.53. The first kappa shape index (κ1) is 15.0. The Balaban J connectivity index is 1.83. The van der Waals surface area contributed by atoms with Gasteiger partial charge in [0.1, 0.15) is 0 Å². The Labute approximate surface area is 135 Å². The molecule has 0 aliphatic heterocycles. The van der Waals surface area contributed by atoms with Crippen LogP contribution in [-0.4, -0.2) is 12.1 Å². The molecule has 0 aromatic heterocycles. The van der Waals surface area contributed by atoms with Crippen molar-refractivity contribution in [3.63, 3.8) is 0 Å². The number of nitrogens with zero attached hydrogens (tertiary/aromatic N) is 1. The van der Waals surface area contributed by atoms with Crippen molar-refractivity contribution in [3.05, 3.63) is 82.9 Å². The maximum atomic E-state index is 12.5. The van der Waals surface area contributed by atoms with Crippen molar-refractivity contribution in [1.82, 2.24) is 5.43 Å². The van der Waals surface area contributed by atoms with Crippen LogP contribution in [0.25, 0.3) is 10.8 Å². The maximum Gasteiger partial charge on any atom is 0.272 e. The summed E-state index contributed by atoms with van der Waals surface area (Å²) in [6, 6.07) is 19.8. The van der Waals surface area contributed by atoms with Crippen LogP contribution in [0, 0.1) is 13.8 Å². The third-order valence-corrected chi connectivity index (χ3v) is 3.82. The monoisotopic (exact) mass is 302 g/mol. The number of carbonyl (C=O) groups excluding carboxylic acids is 1. The van der Waals surface area contributed by atoms with Crippen LogP contribution in [0.5, 0.6) is 0 Å². The van der Waals surface area contributed by atoms with E-state index in [-0.39, 0.29) is 5.91 Å². The summed E-state index contributed by atoms with van der Waals surface area (Å²) in [4.78, 5) is 12.5. The number of nitrogens with one attached hydrogen (secondary N) is 1. The van der Waals surface area contributed by atoms with E-state index in [9.17, 15) is 4.79 Å². The Kier molecular flexibility index (Phi) is 4.20. The van der Waals surface area contributed by atoms with Gasteiger partial charge in [-0.15, -0.1) is 0 Å². The van der Waals surface area contributed by atoms with Gasteiger partial charge in [0.05, 0.1) is 11.8 Å². The molecular formula is C20H18N2O. The Bertz CT molecular complexity index is 880. The largest absolute Gasteiger partial charge is 0.272 e. The van der Waals surface area contributed by atoms with Crippen LogP contribution in [0.2, 0.25) is 0 Å². The van der Waals surface area contributed by atoms with E-state index in [1.807, 2.05) is 74.5 Å². The van der Waals surface area contributed by atoms with E-state index < -0.39 is 0 Å². The molecule has 0 aliphatic carbocycles. The van der Waals surface area contributed by atoms with Crippen molar-refractivity contribution >= 4 is 22.9 Å². The zero-order chi connectivity index (χ0) is 16.2. The van der Waals surface area contributed by atoms with E-state index in [0.29, 0.717) is 5.56 Å². The fraction of sp³-hybridized carbons (Fsp3) is 0.100. The lowest BCUT2D eigenvalue weighted by atomic mass is 9.99. The van der Waals surface area contributed by atoms with Gasteiger partial charge in [0.25, 0.3) is 5.91 Å². The molecule has 3 nitrogen and oxygen atoms in total. The number of hydrogen-bond donors (Lipinski definition) is 1. The van der Waals surface area contributed by atoms with Crippen molar-refractivity contribution in [3.8, 4) is 0 Å². The second-order valence-electron chi connectivity index (χ2n) is 5.59. The molecule has 3 rings (SSSR count). The summed E-state index contributed by atoms with van der Waals surface area (Å²) in [5.41, 5.74) is 6.37. The second kappa shape index (κ2) is 6.44. The average molecular weight is 302 g/mol. The topological polar surface area (TPSA) is 41.5 Å². The maximum absolute atomic E-state index is 12.5. The molecule has 23 heavy (non-hydrogen) atoms. The summed E-state index contributed by atoms with van der Waals surface area (Å²) in [5.74, 6) is -0.192. The molecule has 1 amide bonds.